The van der Waals surface area contributed by atoms with Crippen molar-refractivity contribution in [2.45, 2.75) is 49.9 Å². The van der Waals surface area contributed by atoms with Crippen LogP contribution in [0.4, 0.5) is 4.39 Å². The number of piperidine rings is 1. The van der Waals surface area contributed by atoms with Gasteiger partial charge in [0.05, 0.1) is 18.4 Å². The van der Waals surface area contributed by atoms with E-state index in [4.69, 9.17) is 4.74 Å². The van der Waals surface area contributed by atoms with Crippen molar-refractivity contribution in [2.75, 3.05) is 25.4 Å². The second kappa shape index (κ2) is 9.05. The van der Waals surface area contributed by atoms with E-state index >= 15 is 0 Å². The Hall–Kier alpha value is -1.93. The van der Waals surface area contributed by atoms with Gasteiger partial charge < -0.3 is 9.64 Å². The van der Waals surface area contributed by atoms with Crippen LogP contribution >= 0.6 is 11.8 Å². The Morgan fingerprint density at radius 1 is 1.14 bits per heavy atom. The van der Waals surface area contributed by atoms with Crippen molar-refractivity contribution in [3.8, 4) is 11.4 Å². The largest absolute Gasteiger partial charge is 0.376 e. The molecular weight excluding hydrogens is 379 g/mol. The molecule has 0 bridgehead atoms. The number of hydrogen-bond donors (Lipinski definition) is 0. The van der Waals surface area contributed by atoms with Gasteiger partial charge in [-0.25, -0.2) is 4.39 Å². The molecule has 1 aromatic heterocycles. The van der Waals surface area contributed by atoms with Gasteiger partial charge in [0.25, 0.3) is 0 Å². The number of hydrogen-bond acceptors (Lipinski definition) is 5. The highest BCUT2D eigenvalue weighted by molar-refractivity contribution is 7.99. The smallest absolute Gasteiger partial charge is 0.233 e. The number of carbonyl (C=O) groups excluding carboxylic acids is 1. The van der Waals surface area contributed by atoms with Gasteiger partial charge in [-0.05, 0) is 56.4 Å². The monoisotopic (exact) mass is 404 g/mol. The molecule has 2 aliphatic rings. The zero-order valence-corrected chi connectivity index (χ0v) is 16.7. The van der Waals surface area contributed by atoms with Crippen molar-refractivity contribution >= 4 is 17.7 Å². The first-order valence-electron chi connectivity index (χ1n) is 9.92. The molecule has 2 fully saturated rings. The van der Waals surface area contributed by atoms with Crippen LogP contribution in [0.25, 0.3) is 11.4 Å². The summed E-state index contributed by atoms with van der Waals surface area (Å²) in [5, 5.41) is 9.38. The Labute approximate surface area is 168 Å². The third kappa shape index (κ3) is 4.55. The molecule has 0 radical (unpaired) electrons. The lowest BCUT2D eigenvalue weighted by Gasteiger charge is -2.26. The van der Waals surface area contributed by atoms with Crippen LogP contribution in [-0.2, 0) is 16.1 Å². The summed E-state index contributed by atoms with van der Waals surface area (Å²) in [6.45, 7) is 3.11. The first-order valence-corrected chi connectivity index (χ1v) is 10.9. The molecule has 0 saturated carbocycles. The molecule has 2 aliphatic heterocycles. The Kier molecular flexibility index (Phi) is 6.26. The van der Waals surface area contributed by atoms with Gasteiger partial charge in [-0.15, -0.1) is 10.2 Å². The molecule has 1 amide bonds. The van der Waals surface area contributed by atoms with Crippen LogP contribution in [0.2, 0.25) is 0 Å². The number of nitrogens with zero attached hydrogens (tertiary/aromatic N) is 4. The zero-order valence-electron chi connectivity index (χ0n) is 15.8. The predicted molar refractivity (Wildman–Crippen MR) is 106 cm³/mol. The first-order chi connectivity index (χ1) is 13.7. The molecule has 1 atom stereocenters. The van der Waals surface area contributed by atoms with Crippen molar-refractivity contribution in [3.63, 3.8) is 0 Å². The molecule has 0 N–H and O–H groups in total. The van der Waals surface area contributed by atoms with Gasteiger partial charge >= 0.3 is 0 Å². The second-order valence-corrected chi connectivity index (χ2v) is 8.23. The number of halogens is 1. The van der Waals surface area contributed by atoms with Crippen LogP contribution in [0.5, 0.6) is 0 Å². The number of thioether (sulfide) groups is 1. The summed E-state index contributed by atoms with van der Waals surface area (Å²) in [6, 6.07) is 6.26. The van der Waals surface area contributed by atoms with E-state index in [2.05, 4.69) is 10.2 Å². The Balaban J connectivity index is 1.52. The van der Waals surface area contributed by atoms with E-state index in [0.29, 0.717) is 23.3 Å². The molecule has 6 nitrogen and oxygen atoms in total. The molecule has 8 heteroatoms. The lowest BCUT2D eigenvalue weighted by molar-refractivity contribution is -0.129. The average Bonchev–Trinajstić information content (AvgIpc) is 3.38. The second-order valence-electron chi connectivity index (χ2n) is 7.29. The highest BCUT2D eigenvalue weighted by atomic mass is 32.2. The van der Waals surface area contributed by atoms with Crippen molar-refractivity contribution in [1.82, 2.24) is 19.7 Å². The van der Waals surface area contributed by atoms with Crippen molar-refractivity contribution in [3.05, 3.63) is 30.1 Å². The number of rotatable bonds is 6. The highest BCUT2D eigenvalue weighted by Crippen LogP contribution is 2.27. The Bertz CT molecular complexity index is 799. The van der Waals surface area contributed by atoms with E-state index in [1.807, 2.05) is 9.47 Å². The van der Waals surface area contributed by atoms with Gasteiger partial charge in [-0.2, -0.15) is 0 Å². The van der Waals surface area contributed by atoms with E-state index in [-0.39, 0.29) is 17.8 Å². The third-order valence-electron chi connectivity index (χ3n) is 5.26. The molecule has 2 saturated heterocycles. The Morgan fingerprint density at radius 2 is 1.93 bits per heavy atom. The highest BCUT2D eigenvalue weighted by Gasteiger charge is 2.23. The fourth-order valence-corrected chi connectivity index (χ4v) is 4.58. The quantitative estimate of drug-likeness (QED) is 0.691. The molecule has 150 valence electrons. The van der Waals surface area contributed by atoms with E-state index in [1.165, 1.54) is 30.3 Å². The first kappa shape index (κ1) is 19.4. The zero-order chi connectivity index (χ0) is 19.3. The summed E-state index contributed by atoms with van der Waals surface area (Å²) in [5.41, 5.74) is 0.807. The van der Waals surface area contributed by atoms with Crippen LogP contribution in [-0.4, -0.2) is 57.1 Å². The lowest BCUT2D eigenvalue weighted by Crippen LogP contribution is -2.36. The fraction of sp³-hybridized carbons (Fsp3) is 0.550. The van der Waals surface area contributed by atoms with Gasteiger partial charge in [-0.3, -0.25) is 9.36 Å². The molecule has 3 heterocycles. The molecule has 4 rings (SSSR count). The average molecular weight is 405 g/mol. The maximum absolute atomic E-state index is 13.3. The fourth-order valence-electron chi connectivity index (χ4n) is 3.73. The van der Waals surface area contributed by atoms with Crippen LogP contribution in [0.1, 0.15) is 32.1 Å². The summed E-state index contributed by atoms with van der Waals surface area (Å²) in [5.74, 6) is 0.909. The van der Waals surface area contributed by atoms with Crippen molar-refractivity contribution in [2.24, 2.45) is 0 Å². The summed E-state index contributed by atoms with van der Waals surface area (Å²) >= 11 is 1.42. The van der Waals surface area contributed by atoms with Crippen molar-refractivity contribution in [1.29, 1.82) is 0 Å². The number of likely N-dealkylation sites (tertiary alicyclic amines) is 1. The van der Waals surface area contributed by atoms with Crippen LogP contribution in [0.3, 0.4) is 0 Å². The van der Waals surface area contributed by atoms with E-state index in [9.17, 15) is 9.18 Å². The summed E-state index contributed by atoms with van der Waals surface area (Å²) in [4.78, 5) is 14.5. The molecule has 1 aromatic carbocycles. The normalized spacial score (nSPS) is 19.9. The van der Waals surface area contributed by atoms with Crippen LogP contribution in [0.15, 0.2) is 29.4 Å². The van der Waals surface area contributed by atoms with Gasteiger partial charge in [0.15, 0.2) is 11.0 Å². The summed E-state index contributed by atoms with van der Waals surface area (Å²) < 4.78 is 21.1. The molecular formula is C20H25FN4O2S. The summed E-state index contributed by atoms with van der Waals surface area (Å²) in [6.07, 6.45) is 5.54. The summed E-state index contributed by atoms with van der Waals surface area (Å²) in [7, 11) is 0. The maximum atomic E-state index is 13.3. The molecule has 1 unspecified atom stereocenters. The Morgan fingerprint density at radius 3 is 2.64 bits per heavy atom. The van der Waals surface area contributed by atoms with Gasteiger partial charge in [-0.1, -0.05) is 11.8 Å². The molecule has 0 aliphatic carbocycles. The number of aromatic nitrogens is 3. The van der Waals surface area contributed by atoms with Crippen LogP contribution < -0.4 is 0 Å². The lowest BCUT2D eigenvalue weighted by atomic mass is 10.1. The standard InChI is InChI=1S/C20H25FN4O2S/c21-16-8-6-15(7-9-16)19-22-23-20(25(19)13-17-5-4-12-27-17)28-14-18(26)24-10-2-1-3-11-24/h6-9,17H,1-5,10-14H2. The molecule has 0 spiro atoms. The maximum Gasteiger partial charge on any atom is 0.233 e. The minimum absolute atomic E-state index is 0.118. The molecule has 28 heavy (non-hydrogen) atoms. The molecule has 2 aromatic rings. The van der Waals surface area contributed by atoms with Crippen molar-refractivity contribution < 1.29 is 13.9 Å². The van der Waals surface area contributed by atoms with E-state index in [0.717, 1.165) is 50.9 Å². The SMILES string of the molecule is O=C(CSc1nnc(-c2ccc(F)cc2)n1CC1CCCO1)N1CCCCC1. The minimum atomic E-state index is -0.282. The minimum Gasteiger partial charge on any atom is -0.376 e. The number of amides is 1. The predicted octanol–water partition coefficient (Wildman–Crippen LogP) is 3.37. The number of benzene rings is 1. The van der Waals surface area contributed by atoms with E-state index in [1.54, 1.807) is 12.1 Å². The van der Waals surface area contributed by atoms with Gasteiger partial charge in [0, 0.05) is 25.3 Å². The topological polar surface area (TPSA) is 60.3 Å². The van der Waals surface area contributed by atoms with E-state index < -0.39 is 0 Å². The number of ether oxygens (including phenoxy) is 1. The van der Waals surface area contributed by atoms with Gasteiger partial charge in [0.2, 0.25) is 5.91 Å². The van der Waals surface area contributed by atoms with Gasteiger partial charge in [0.1, 0.15) is 5.82 Å². The van der Waals surface area contributed by atoms with Crippen LogP contribution in [0, 0.1) is 5.82 Å². The number of carbonyl (C=O) groups is 1. The third-order valence-corrected chi connectivity index (χ3v) is 6.21.